The second-order valence-electron chi connectivity index (χ2n) is 5.26. The molecule has 0 spiro atoms. The Bertz CT molecular complexity index is 489. The highest BCUT2D eigenvalue weighted by atomic mass is 79.9. The minimum atomic E-state index is -0.116. The van der Waals surface area contributed by atoms with Gasteiger partial charge in [-0.05, 0) is 47.0 Å². The predicted molar refractivity (Wildman–Crippen MR) is 87.4 cm³/mol. The van der Waals surface area contributed by atoms with E-state index in [9.17, 15) is 4.79 Å². The van der Waals surface area contributed by atoms with Crippen LogP contribution in [0.15, 0.2) is 22.7 Å². The number of carbonyl (C=O) groups is 1. The van der Waals surface area contributed by atoms with Crippen LogP contribution in [0.2, 0.25) is 0 Å². The van der Waals surface area contributed by atoms with Crippen molar-refractivity contribution >= 4 is 21.8 Å². The standard InChI is InChI=1S/C16H22BrNO4/c1-20-13-3-4-15(17)14(9-13)16(19)18-6-2-7-21-10-12-5-8-22-11-12/h3-4,9,12H,2,5-8,10-11H2,1H3,(H,18,19). The summed E-state index contributed by atoms with van der Waals surface area (Å²) in [6.45, 7) is 3.63. The smallest absolute Gasteiger partial charge is 0.252 e. The Kier molecular flexibility index (Phi) is 7.15. The van der Waals surface area contributed by atoms with Gasteiger partial charge in [0.25, 0.3) is 5.91 Å². The quantitative estimate of drug-likeness (QED) is 0.713. The third kappa shape index (κ3) is 5.26. The van der Waals surface area contributed by atoms with Gasteiger partial charge in [0, 0.05) is 30.1 Å². The van der Waals surface area contributed by atoms with Crippen molar-refractivity contribution in [1.82, 2.24) is 5.32 Å². The zero-order valence-corrected chi connectivity index (χ0v) is 14.4. The van der Waals surface area contributed by atoms with Crippen LogP contribution in [0.4, 0.5) is 0 Å². The van der Waals surface area contributed by atoms with E-state index in [1.54, 1.807) is 25.3 Å². The van der Waals surface area contributed by atoms with Crippen LogP contribution in [0.5, 0.6) is 5.75 Å². The number of nitrogens with one attached hydrogen (secondary N) is 1. The lowest BCUT2D eigenvalue weighted by Crippen LogP contribution is -2.26. The summed E-state index contributed by atoms with van der Waals surface area (Å²) in [5.74, 6) is 1.08. The first-order valence-corrected chi connectivity index (χ1v) is 8.27. The van der Waals surface area contributed by atoms with Gasteiger partial charge in [0.2, 0.25) is 0 Å². The molecule has 1 saturated heterocycles. The minimum absolute atomic E-state index is 0.116. The number of hydrogen-bond acceptors (Lipinski definition) is 4. The van der Waals surface area contributed by atoms with Crippen LogP contribution in [0, 0.1) is 5.92 Å². The van der Waals surface area contributed by atoms with Crippen molar-refractivity contribution < 1.29 is 19.0 Å². The molecule has 5 nitrogen and oxygen atoms in total. The number of ether oxygens (including phenoxy) is 3. The summed E-state index contributed by atoms with van der Waals surface area (Å²) in [5, 5.41) is 2.89. The molecule has 1 N–H and O–H groups in total. The van der Waals surface area contributed by atoms with Crippen molar-refractivity contribution in [3.63, 3.8) is 0 Å². The van der Waals surface area contributed by atoms with Gasteiger partial charge in [-0.15, -0.1) is 0 Å². The third-order valence-electron chi connectivity index (χ3n) is 3.55. The van der Waals surface area contributed by atoms with E-state index in [1.807, 2.05) is 0 Å². The van der Waals surface area contributed by atoms with Gasteiger partial charge in [0.1, 0.15) is 5.75 Å². The minimum Gasteiger partial charge on any atom is -0.497 e. The molecule has 0 aliphatic carbocycles. The maximum Gasteiger partial charge on any atom is 0.252 e. The van der Waals surface area contributed by atoms with E-state index in [1.165, 1.54) is 0 Å². The number of hydrogen-bond donors (Lipinski definition) is 1. The van der Waals surface area contributed by atoms with Crippen LogP contribution in [0.25, 0.3) is 0 Å². The van der Waals surface area contributed by atoms with Crippen LogP contribution in [0.3, 0.4) is 0 Å². The first-order chi connectivity index (χ1) is 10.7. The van der Waals surface area contributed by atoms with E-state index in [-0.39, 0.29) is 5.91 Å². The first-order valence-electron chi connectivity index (χ1n) is 7.48. The maximum atomic E-state index is 12.1. The maximum absolute atomic E-state index is 12.1. The van der Waals surface area contributed by atoms with E-state index >= 15 is 0 Å². The topological polar surface area (TPSA) is 56.8 Å². The van der Waals surface area contributed by atoms with Gasteiger partial charge in [-0.2, -0.15) is 0 Å². The van der Waals surface area contributed by atoms with Crippen molar-refractivity contribution in [3.8, 4) is 5.75 Å². The molecule has 1 aromatic rings. The Morgan fingerprint density at radius 2 is 2.36 bits per heavy atom. The van der Waals surface area contributed by atoms with Crippen LogP contribution >= 0.6 is 15.9 Å². The molecule has 0 saturated carbocycles. The number of rotatable bonds is 8. The molecule has 0 aromatic heterocycles. The normalized spacial score (nSPS) is 17.5. The van der Waals surface area contributed by atoms with Gasteiger partial charge in [-0.1, -0.05) is 0 Å². The highest BCUT2D eigenvalue weighted by Gasteiger charge is 2.15. The average molecular weight is 372 g/mol. The molecule has 122 valence electrons. The van der Waals surface area contributed by atoms with Gasteiger partial charge in [-0.3, -0.25) is 4.79 Å². The Morgan fingerprint density at radius 3 is 3.09 bits per heavy atom. The number of halogens is 1. The summed E-state index contributed by atoms with van der Waals surface area (Å²) >= 11 is 3.38. The third-order valence-corrected chi connectivity index (χ3v) is 4.24. The summed E-state index contributed by atoms with van der Waals surface area (Å²) in [6.07, 6.45) is 1.88. The van der Waals surface area contributed by atoms with Crippen molar-refractivity contribution in [3.05, 3.63) is 28.2 Å². The molecule has 0 bridgehead atoms. The summed E-state index contributed by atoms with van der Waals surface area (Å²) in [4.78, 5) is 12.1. The van der Waals surface area contributed by atoms with Crippen molar-refractivity contribution in [2.45, 2.75) is 12.8 Å². The lowest BCUT2D eigenvalue weighted by Gasteiger charge is -2.10. The van der Waals surface area contributed by atoms with Crippen LogP contribution < -0.4 is 10.1 Å². The highest BCUT2D eigenvalue weighted by Crippen LogP contribution is 2.22. The molecule has 1 aliphatic heterocycles. The lowest BCUT2D eigenvalue weighted by molar-refractivity contribution is 0.0853. The van der Waals surface area contributed by atoms with Gasteiger partial charge < -0.3 is 19.5 Å². The van der Waals surface area contributed by atoms with Crippen molar-refractivity contribution in [2.75, 3.05) is 40.1 Å². The summed E-state index contributed by atoms with van der Waals surface area (Å²) < 4.78 is 16.8. The Labute approximate surface area is 139 Å². The molecule has 0 radical (unpaired) electrons. The van der Waals surface area contributed by atoms with Crippen molar-refractivity contribution in [1.29, 1.82) is 0 Å². The summed E-state index contributed by atoms with van der Waals surface area (Å²) in [5.41, 5.74) is 0.573. The van der Waals surface area contributed by atoms with Crippen LogP contribution in [-0.2, 0) is 9.47 Å². The van der Waals surface area contributed by atoms with Gasteiger partial charge >= 0.3 is 0 Å². The lowest BCUT2D eigenvalue weighted by atomic mass is 10.1. The molecule has 22 heavy (non-hydrogen) atoms. The fourth-order valence-corrected chi connectivity index (χ4v) is 2.67. The molecule has 6 heteroatoms. The second-order valence-corrected chi connectivity index (χ2v) is 6.11. The zero-order valence-electron chi connectivity index (χ0n) is 12.8. The monoisotopic (exact) mass is 371 g/mol. The summed E-state index contributed by atoms with van der Waals surface area (Å²) in [7, 11) is 1.58. The fourth-order valence-electron chi connectivity index (χ4n) is 2.24. The van der Waals surface area contributed by atoms with E-state index in [4.69, 9.17) is 14.2 Å². The molecule has 1 aliphatic rings. The number of benzene rings is 1. The molecule has 1 unspecified atom stereocenters. The largest absolute Gasteiger partial charge is 0.497 e. The Morgan fingerprint density at radius 1 is 1.50 bits per heavy atom. The number of carbonyl (C=O) groups excluding carboxylic acids is 1. The molecular weight excluding hydrogens is 350 g/mol. The number of amides is 1. The summed E-state index contributed by atoms with van der Waals surface area (Å²) in [6, 6.07) is 5.33. The molecule has 1 fully saturated rings. The molecule has 1 heterocycles. The van der Waals surface area contributed by atoms with Crippen molar-refractivity contribution in [2.24, 2.45) is 5.92 Å². The van der Waals surface area contributed by atoms with Gasteiger partial charge in [0.05, 0.1) is 25.9 Å². The SMILES string of the molecule is COc1ccc(Br)c(C(=O)NCCCOCC2CCOC2)c1. The van der Waals surface area contributed by atoms with E-state index in [0.717, 1.165) is 37.1 Å². The average Bonchev–Trinajstić information content (AvgIpc) is 3.04. The molecule has 1 aromatic carbocycles. The first kappa shape index (κ1) is 17.2. The van der Waals surface area contributed by atoms with Gasteiger partial charge in [-0.25, -0.2) is 0 Å². The molecule has 1 amide bonds. The predicted octanol–water partition coefficient (Wildman–Crippen LogP) is 2.63. The van der Waals surface area contributed by atoms with Gasteiger partial charge in [0.15, 0.2) is 0 Å². The molecule has 1 atom stereocenters. The zero-order chi connectivity index (χ0) is 15.8. The fraction of sp³-hybridized carbons (Fsp3) is 0.562. The van der Waals surface area contributed by atoms with E-state index < -0.39 is 0 Å². The molecule has 2 rings (SSSR count). The Balaban J connectivity index is 1.65. The van der Waals surface area contributed by atoms with Crippen LogP contribution in [-0.4, -0.2) is 46.0 Å². The molecular formula is C16H22BrNO4. The Hall–Kier alpha value is -1.11. The van der Waals surface area contributed by atoms with E-state index in [2.05, 4.69) is 21.2 Å². The van der Waals surface area contributed by atoms with Crippen LogP contribution in [0.1, 0.15) is 23.2 Å². The van der Waals surface area contributed by atoms with E-state index in [0.29, 0.717) is 30.4 Å². The number of methoxy groups -OCH3 is 1. The highest BCUT2D eigenvalue weighted by molar-refractivity contribution is 9.10. The second kappa shape index (κ2) is 9.12.